The first-order chi connectivity index (χ1) is 14.1. The van der Waals surface area contributed by atoms with Crippen molar-refractivity contribution in [3.8, 4) is 0 Å². The Morgan fingerprint density at radius 1 is 1.17 bits per heavy atom. The lowest BCUT2D eigenvalue weighted by Gasteiger charge is -2.52. The van der Waals surface area contributed by atoms with Crippen LogP contribution in [0.5, 0.6) is 0 Å². The Morgan fingerprint density at radius 2 is 1.97 bits per heavy atom. The van der Waals surface area contributed by atoms with E-state index in [1.807, 2.05) is 41.4 Å². The molecule has 0 bridgehead atoms. The summed E-state index contributed by atoms with van der Waals surface area (Å²) < 4.78 is 2.31. The number of hydrogen-bond donors (Lipinski definition) is 1. The maximum Gasteiger partial charge on any atom is 0.290 e. The molecule has 5 rings (SSSR count). The molecule has 1 saturated heterocycles. The van der Waals surface area contributed by atoms with Crippen LogP contribution in [0.2, 0.25) is 0 Å². The van der Waals surface area contributed by atoms with E-state index in [2.05, 4.69) is 25.9 Å². The van der Waals surface area contributed by atoms with E-state index < -0.39 is 5.60 Å². The Kier molecular flexibility index (Phi) is 4.67. The van der Waals surface area contributed by atoms with Gasteiger partial charge in [-0.1, -0.05) is 43.2 Å². The Morgan fingerprint density at radius 3 is 2.79 bits per heavy atom. The first-order valence-corrected chi connectivity index (χ1v) is 11.0. The summed E-state index contributed by atoms with van der Waals surface area (Å²) >= 11 is 3.42. The smallest absolute Gasteiger partial charge is 0.290 e. The highest BCUT2D eigenvalue weighted by Gasteiger charge is 2.50. The van der Waals surface area contributed by atoms with E-state index in [1.54, 1.807) is 16.7 Å². The van der Waals surface area contributed by atoms with Crippen molar-refractivity contribution in [1.82, 2.24) is 19.3 Å². The molecular weight excluding hydrogens is 432 g/mol. The predicted octanol–water partition coefficient (Wildman–Crippen LogP) is 3.78. The normalized spacial score (nSPS) is 27.0. The molecule has 1 saturated carbocycles. The average molecular weight is 455 g/mol. The summed E-state index contributed by atoms with van der Waals surface area (Å²) in [7, 11) is 0. The number of aliphatic hydroxyl groups is 1. The zero-order chi connectivity index (χ0) is 20.0. The van der Waals surface area contributed by atoms with Gasteiger partial charge in [0.05, 0.1) is 5.60 Å². The SMILES string of the molecule is O=C(c1nc(Br)c2ncccn12)N1CCC(O)(c2ccccc2)C2CCCCC21. The van der Waals surface area contributed by atoms with E-state index in [9.17, 15) is 9.90 Å². The number of carbonyl (C=O) groups is 1. The number of fused-ring (bicyclic) bond motifs is 2. The highest BCUT2D eigenvalue weighted by molar-refractivity contribution is 9.10. The maximum absolute atomic E-state index is 13.5. The van der Waals surface area contributed by atoms with Gasteiger partial charge >= 0.3 is 0 Å². The molecule has 3 heterocycles. The summed E-state index contributed by atoms with van der Waals surface area (Å²) in [6, 6.07) is 11.7. The zero-order valence-electron chi connectivity index (χ0n) is 16.0. The van der Waals surface area contributed by atoms with Crippen LogP contribution in [0, 0.1) is 5.92 Å². The summed E-state index contributed by atoms with van der Waals surface area (Å²) in [6.45, 7) is 0.512. The lowest BCUT2D eigenvalue weighted by molar-refractivity contribution is -0.110. The van der Waals surface area contributed by atoms with Gasteiger partial charge in [0.1, 0.15) is 0 Å². The molecule has 1 aliphatic carbocycles. The third kappa shape index (κ3) is 2.99. The summed E-state index contributed by atoms with van der Waals surface area (Å²) in [6.07, 6.45) is 8.03. The van der Waals surface area contributed by atoms with Crippen molar-refractivity contribution in [3.63, 3.8) is 0 Å². The maximum atomic E-state index is 13.5. The molecule has 0 radical (unpaired) electrons. The summed E-state index contributed by atoms with van der Waals surface area (Å²) in [4.78, 5) is 24.3. The summed E-state index contributed by atoms with van der Waals surface area (Å²) in [5.74, 6) is 0.310. The van der Waals surface area contributed by atoms with E-state index in [0.717, 1.165) is 31.2 Å². The van der Waals surface area contributed by atoms with E-state index >= 15 is 0 Å². The molecule has 3 atom stereocenters. The third-order valence-electron chi connectivity index (χ3n) is 6.57. The fourth-order valence-electron chi connectivity index (χ4n) is 5.19. The van der Waals surface area contributed by atoms with Crippen LogP contribution < -0.4 is 0 Å². The fourth-order valence-corrected chi connectivity index (χ4v) is 5.65. The minimum absolute atomic E-state index is 0.0120. The lowest BCUT2D eigenvalue weighted by atomic mass is 9.66. The van der Waals surface area contributed by atoms with Gasteiger partial charge in [0.15, 0.2) is 10.3 Å². The first-order valence-electron chi connectivity index (χ1n) is 10.2. The van der Waals surface area contributed by atoms with Gasteiger partial charge in [-0.2, -0.15) is 0 Å². The zero-order valence-corrected chi connectivity index (χ0v) is 17.6. The van der Waals surface area contributed by atoms with E-state index in [0.29, 0.717) is 29.0 Å². The number of halogens is 1. The number of aromatic nitrogens is 3. The van der Waals surface area contributed by atoms with Crippen molar-refractivity contribution < 1.29 is 9.90 Å². The van der Waals surface area contributed by atoms with Gasteiger partial charge < -0.3 is 10.0 Å². The lowest BCUT2D eigenvalue weighted by Crippen LogP contribution is -2.59. The molecule has 3 aromatic rings. The number of hydrogen-bond acceptors (Lipinski definition) is 4. The summed E-state index contributed by atoms with van der Waals surface area (Å²) in [5.41, 5.74) is 0.705. The van der Waals surface area contributed by atoms with E-state index in [1.165, 1.54) is 0 Å². The van der Waals surface area contributed by atoms with Crippen molar-refractivity contribution in [3.05, 3.63) is 64.8 Å². The van der Waals surface area contributed by atoms with Crippen LogP contribution in [0.3, 0.4) is 0 Å². The number of benzene rings is 1. The van der Waals surface area contributed by atoms with Crippen molar-refractivity contribution in [1.29, 1.82) is 0 Å². The van der Waals surface area contributed by atoms with Crippen LogP contribution in [-0.4, -0.2) is 42.9 Å². The summed E-state index contributed by atoms with van der Waals surface area (Å²) in [5, 5.41) is 11.7. The number of amides is 1. The van der Waals surface area contributed by atoms with Gasteiger partial charge in [0, 0.05) is 30.9 Å². The van der Waals surface area contributed by atoms with E-state index in [-0.39, 0.29) is 17.9 Å². The van der Waals surface area contributed by atoms with Gasteiger partial charge in [-0.15, -0.1) is 0 Å². The highest BCUT2D eigenvalue weighted by atomic mass is 79.9. The van der Waals surface area contributed by atoms with Crippen LogP contribution in [-0.2, 0) is 5.60 Å². The Labute approximate surface area is 177 Å². The molecule has 2 aromatic heterocycles. The second kappa shape index (κ2) is 7.22. The minimum atomic E-state index is -0.889. The molecule has 29 heavy (non-hydrogen) atoms. The fraction of sp³-hybridized carbons (Fsp3) is 0.409. The number of likely N-dealkylation sites (tertiary alicyclic amines) is 1. The van der Waals surface area contributed by atoms with Crippen molar-refractivity contribution in [2.24, 2.45) is 5.92 Å². The molecule has 0 spiro atoms. The number of imidazole rings is 1. The second-order valence-corrected chi connectivity index (χ2v) is 8.79. The number of piperidine rings is 1. The Hall–Kier alpha value is -2.25. The van der Waals surface area contributed by atoms with Crippen LogP contribution in [0.1, 0.15) is 48.3 Å². The molecule has 1 N–H and O–H groups in total. The average Bonchev–Trinajstić information content (AvgIpc) is 3.11. The third-order valence-corrected chi connectivity index (χ3v) is 7.10. The highest BCUT2D eigenvalue weighted by Crippen LogP contribution is 2.47. The van der Waals surface area contributed by atoms with Gasteiger partial charge in [0.2, 0.25) is 5.82 Å². The predicted molar refractivity (Wildman–Crippen MR) is 112 cm³/mol. The molecule has 2 fully saturated rings. The number of rotatable bonds is 2. The Bertz CT molecular complexity index is 1050. The Balaban J connectivity index is 1.51. The van der Waals surface area contributed by atoms with E-state index in [4.69, 9.17) is 0 Å². The van der Waals surface area contributed by atoms with Gasteiger partial charge in [-0.05, 0) is 46.8 Å². The first kappa shape index (κ1) is 18.8. The molecule has 150 valence electrons. The van der Waals surface area contributed by atoms with Gasteiger partial charge in [0.25, 0.3) is 5.91 Å². The van der Waals surface area contributed by atoms with Crippen molar-refractivity contribution in [2.45, 2.75) is 43.7 Å². The molecule has 1 aromatic carbocycles. The molecule has 1 aliphatic heterocycles. The molecular formula is C22H23BrN4O2. The molecule has 3 unspecified atom stereocenters. The monoisotopic (exact) mass is 454 g/mol. The van der Waals surface area contributed by atoms with Crippen LogP contribution in [0.25, 0.3) is 5.65 Å². The van der Waals surface area contributed by atoms with Crippen molar-refractivity contribution >= 4 is 27.5 Å². The topological polar surface area (TPSA) is 70.7 Å². The van der Waals surface area contributed by atoms with Crippen LogP contribution >= 0.6 is 15.9 Å². The van der Waals surface area contributed by atoms with Crippen LogP contribution in [0.15, 0.2) is 53.4 Å². The van der Waals surface area contributed by atoms with Gasteiger partial charge in [-0.3, -0.25) is 9.20 Å². The molecule has 7 heteroatoms. The quantitative estimate of drug-likeness (QED) is 0.639. The number of nitrogens with zero attached hydrogens (tertiary/aromatic N) is 4. The molecule has 6 nitrogen and oxygen atoms in total. The van der Waals surface area contributed by atoms with Crippen LogP contribution in [0.4, 0.5) is 0 Å². The van der Waals surface area contributed by atoms with Gasteiger partial charge in [-0.25, -0.2) is 9.97 Å². The van der Waals surface area contributed by atoms with Crippen molar-refractivity contribution in [2.75, 3.05) is 6.54 Å². The second-order valence-electron chi connectivity index (χ2n) is 8.04. The minimum Gasteiger partial charge on any atom is -0.385 e. The standard InChI is InChI=1S/C22H23BrN4O2/c23-18-19-24-12-6-13-27(19)20(25-18)21(28)26-14-11-22(29,15-7-2-1-3-8-15)16-9-4-5-10-17(16)26/h1-3,6-8,12-13,16-17,29H,4-5,9-11,14H2. The number of carbonyl (C=O) groups excluding carboxylic acids is 1. The molecule has 2 aliphatic rings. The molecule has 1 amide bonds. The largest absolute Gasteiger partial charge is 0.385 e.